The van der Waals surface area contributed by atoms with Crippen LogP contribution in [0.15, 0.2) is 23.1 Å². The summed E-state index contributed by atoms with van der Waals surface area (Å²) < 4.78 is 14.2. The van der Waals surface area contributed by atoms with Crippen molar-refractivity contribution < 1.29 is 9.50 Å². The number of aliphatic hydroxyl groups is 1. The van der Waals surface area contributed by atoms with Crippen molar-refractivity contribution in [2.24, 2.45) is 0 Å². The maximum absolute atomic E-state index is 12.8. The summed E-state index contributed by atoms with van der Waals surface area (Å²) in [7, 11) is 0. The second kappa shape index (κ2) is 6.35. The van der Waals surface area contributed by atoms with Crippen LogP contribution in [0.4, 0.5) is 4.39 Å². The number of pyridine rings is 1. The fourth-order valence-electron chi connectivity index (χ4n) is 1.42. The Morgan fingerprint density at radius 1 is 1.20 bits per heavy atom. The summed E-state index contributed by atoms with van der Waals surface area (Å²) >= 11 is 0. The quantitative estimate of drug-likeness (QED) is 0.728. The van der Waals surface area contributed by atoms with Crippen molar-refractivity contribution in [1.82, 2.24) is 4.57 Å². The molecule has 0 fully saturated rings. The SMILES string of the molecule is O=c1ccc(F)cn1CCCCCCO. The number of nitrogens with zero attached hydrogens (tertiary/aromatic N) is 1. The van der Waals surface area contributed by atoms with Crippen molar-refractivity contribution in [3.8, 4) is 0 Å². The second-order valence-electron chi connectivity index (χ2n) is 3.52. The number of hydrogen-bond donors (Lipinski definition) is 1. The average Bonchev–Trinajstić information content (AvgIpc) is 2.23. The smallest absolute Gasteiger partial charge is 0.250 e. The molecule has 0 radical (unpaired) electrons. The zero-order valence-corrected chi connectivity index (χ0v) is 8.66. The van der Waals surface area contributed by atoms with Crippen molar-refractivity contribution in [3.05, 3.63) is 34.5 Å². The Kier molecular flexibility index (Phi) is 5.04. The largest absolute Gasteiger partial charge is 0.396 e. The highest BCUT2D eigenvalue weighted by Crippen LogP contribution is 2.01. The molecule has 0 spiro atoms. The van der Waals surface area contributed by atoms with Crippen molar-refractivity contribution in [2.45, 2.75) is 32.2 Å². The Morgan fingerprint density at radius 2 is 1.93 bits per heavy atom. The lowest BCUT2D eigenvalue weighted by Crippen LogP contribution is -2.18. The normalized spacial score (nSPS) is 10.5. The Bertz CT molecular complexity index is 349. The molecule has 4 heteroatoms. The Hall–Kier alpha value is -1.16. The molecule has 0 aliphatic carbocycles. The number of unbranched alkanes of at least 4 members (excludes halogenated alkanes) is 3. The Balaban J connectivity index is 2.37. The maximum Gasteiger partial charge on any atom is 0.250 e. The van der Waals surface area contributed by atoms with E-state index in [0.29, 0.717) is 6.54 Å². The van der Waals surface area contributed by atoms with Crippen molar-refractivity contribution >= 4 is 0 Å². The van der Waals surface area contributed by atoms with E-state index in [1.165, 1.54) is 22.9 Å². The zero-order valence-electron chi connectivity index (χ0n) is 8.66. The van der Waals surface area contributed by atoms with Gasteiger partial charge in [-0.2, -0.15) is 0 Å². The van der Waals surface area contributed by atoms with Gasteiger partial charge in [-0.25, -0.2) is 4.39 Å². The van der Waals surface area contributed by atoms with E-state index in [0.717, 1.165) is 25.7 Å². The molecule has 0 unspecified atom stereocenters. The maximum atomic E-state index is 12.8. The molecule has 0 aliphatic heterocycles. The molecule has 1 N–H and O–H groups in total. The van der Waals surface area contributed by atoms with Crippen LogP contribution in [-0.2, 0) is 6.54 Å². The first-order chi connectivity index (χ1) is 7.24. The van der Waals surface area contributed by atoms with Gasteiger partial charge in [0.1, 0.15) is 5.82 Å². The van der Waals surface area contributed by atoms with E-state index >= 15 is 0 Å². The molecule has 15 heavy (non-hydrogen) atoms. The molecule has 0 saturated heterocycles. The minimum atomic E-state index is -0.384. The molecule has 0 aliphatic rings. The predicted octanol–water partition coefficient (Wildman–Crippen LogP) is 1.54. The molecule has 1 rings (SSSR count). The first kappa shape index (κ1) is 11.9. The topological polar surface area (TPSA) is 42.2 Å². The monoisotopic (exact) mass is 213 g/mol. The summed E-state index contributed by atoms with van der Waals surface area (Å²) in [6, 6.07) is 2.41. The van der Waals surface area contributed by atoms with E-state index in [4.69, 9.17) is 5.11 Å². The molecular formula is C11H16FNO2. The van der Waals surface area contributed by atoms with Gasteiger partial charge in [0.2, 0.25) is 0 Å². The van der Waals surface area contributed by atoms with Gasteiger partial charge in [-0.3, -0.25) is 4.79 Å². The van der Waals surface area contributed by atoms with E-state index < -0.39 is 0 Å². The van der Waals surface area contributed by atoms with Crippen LogP contribution < -0.4 is 5.56 Å². The summed E-state index contributed by atoms with van der Waals surface area (Å²) in [5, 5.41) is 8.56. The van der Waals surface area contributed by atoms with Crippen molar-refractivity contribution in [3.63, 3.8) is 0 Å². The van der Waals surface area contributed by atoms with Gasteiger partial charge in [0, 0.05) is 25.4 Å². The first-order valence-corrected chi connectivity index (χ1v) is 5.21. The van der Waals surface area contributed by atoms with Crippen LogP contribution in [0, 0.1) is 5.82 Å². The molecular weight excluding hydrogens is 197 g/mol. The fraction of sp³-hybridized carbons (Fsp3) is 0.545. The van der Waals surface area contributed by atoms with Gasteiger partial charge in [0.05, 0.1) is 0 Å². The predicted molar refractivity (Wildman–Crippen MR) is 56.2 cm³/mol. The lowest BCUT2D eigenvalue weighted by Gasteiger charge is -2.04. The van der Waals surface area contributed by atoms with Crippen LogP contribution >= 0.6 is 0 Å². The standard InChI is InChI=1S/C11H16FNO2/c12-10-5-6-11(15)13(9-10)7-3-1-2-4-8-14/h5-6,9,14H,1-4,7-8H2. The number of halogens is 1. The van der Waals surface area contributed by atoms with E-state index in [9.17, 15) is 9.18 Å². The number of aromatic nitrogens is 1. The minimum Gasteiger partial charge on any atom is -0.396 e. The van der Waals surface area contributed by atoms with E-state index in [2.05, 4.69) is 0 Å². The molecule has 84 valence electrons. The molecule has 0 aromatic carbocycles. The highest BCUT2D eigenvalue weighted by Gasteiger charge is 1.97. The fourth-order valence-corrected chi connectivity index (χ4v) is 1.42. The van der Waals surface area contributed by atoms with Crippen molar-refractivity contribution in [1.29, 1.82) is 0 Å². The summed E-state index contributed by atoms with van der Waals surface area (Å²) in [6.07, 6.45) is 4.75. The third-order valence-corrected chi connectivity index (χ3v) is 2.25. The minimum absolute atomic E-state index is 0.168. The van der Waals surface area contributed by atoms with E-state index in [-0.39, 0.29) is 18.0 Å². The van der Waals surface area contributed by atoms with Crippen LogP contribution in [-0.4, -0.2) is 16.3 Å². The highest BCUT2D eigenvalue weighted by atomic mass is 19.1. The van der Waals surface area contributed by atoms with Crippen LogP contribution in [0.3, 0.4) is 0 Å². The highest BCUT2D eigenvalue weighted by molar-refractivity contribution is 4.96. The Labute approximate surface area is 88.2 Å². The molecule has 0 saturated carbocycles. The lowest BCUT2D eigenvalue weighted by atomic mass is 10.2. The zero-order chi connectivity index (χ0) is 11.1. The summed E-state index contributed by atoms with van der Waals surface area (Å²) in [6.45, 7) is 0.752. The van der Waals surface area contributed by atoms with Gasteiger partial charge >= 0.3 is 0 Å². The molecule has 0 amide bonds. The van der Waals surface area contributed by atoms with Gasteiger partial charge in [0.15, 0.2) is 0 Å². The molecule has 1 aromatic rings. The van der Waals surface area contributed by atoms with Crippen LogP contribution in [0.5, 0.6) is 0 Å². The molecule has 0 atom stereocenters. The van der Waals surface area contributed by atoms with Gasteiger partial charge in [-0.15, -0.1) is 0 Å². The number of rotatable bonds is 6. The third kappa shape index (κ3) is 4.25. The molecule has 0 bridgehead atoms. The summed E-state index contributed by atoms with van der Waals surface area (Å²) in [5.74, 6) is -0.384. The van der Waals surface area contributed by atoms with E-state index in [1.54, 1.807) is 0 Å². The number of aryl methyl sites for hydroxylation is 1. The number of hydrogen-bond acceptors (Lipinski definition) is 2. The third-order valence-electron chi connectivity index (χ3n) is 2.25. The van der Waals surface area contributed by atoms with Crippen LogP contribution in [0.2, 0.25) is 0 Å². The van der Waals surface area contributed by atoms with Crippen molar-refractivity contribution in [2.75, 3.05) is 6.61 Å². The first-order valence-electron chi connectivity index (χ1n) is 5.21. The van der Waals surface area contributed by atoms with Gasteiger partial charge in [-0.05, 0) is 18.9 Å². The Morgan fingerprint density at radius 3 is 2.67 bits per heavy atom. The second-order valence-corrected chi connectivity index (χ2v) is 3.52. The average molecular weight is 213 g/mol. The molecule has 3 nitrogen and oxygen atoms in total. The molecule has 1 aromatic heterocycles. The van der Waals surface area contributed by atoms with Crippen LogP contribution in [0.1, 0.15) is 25.7 Å². The summed E-state index contributed by atoms with van der Waals surface area (Å²) in [4.78, 5) is 11.2. The molecule has 1 heterocycles. The lowest BCUT2D eigenvalue weighted by molar-refractivity contribution is 0.282. The summed E-state index contributed by atoms with van der Waals surface area (Å²) in [5.41, 5.74) is -0.168. The van der Waals surface area contributed by atoms with E-state index in [1.807, 2.05) is 0 Å². The number of aliphatic hydroxyl groups excluding tert-OH is 1. The van der Waals surface area contributed by atoms with Gasteiger partial charge in [-0.1, -0.05) is 12.8 Å². The van der Waals surface area contributed by atoms with Crippen LogP contribution in [0.25, 0.3) is 0 Å². The van der Waals surface area contributed by atoms with Gasteiger partial charge < -0.3 is 9.67 Å². The van der Waals surface area contributed by atoms with Gasteiger partial charge in [0.25, 0.3) is 5.56 Å².